The first-order valence-corrected chi connectivity index (χ1v) is 11.3. The molecule has 2 N–H and O–H groups in total. The summed E-state index contributed by atoms with van der Waals surface area (Å²) in [5, 5.41) is 13.3. The number of carbonyl (C=O) groups excluding carboxylic acids is 1. The fraction of sp³-hybridized carbons (Fsp3) is 0.360. The van der Waals surface area contributed by atoms with E-state index in [1.807, 2.05) is 49.1 Å². The molecule has 0 saturated heterocycles. The summed E-state index contributed by atoms with van der Waals surface area (Å²) in [7, 11) is 0. The van der Waals surface area contributed by atoms with Gasteiger partial charge in [-0.15, -0.1) is 6.58 Å². The summed E-state index contributed by atoms with van der Waals surface area (Å²) in [4.78, 5) is 29.5. The van der Waals surface area contributed by atoms with Gasteiger partial charge in [0.25, 0.3) is 0 Å². The number of aliphatic hydroxyl groups is 1. The number of amides is 1. The van der Waals surface area contributed by atoms with Gasteiger partial charge in [-0.3, -0.25) is 4.79 Å². The second-order valence-electron chi connectivity index (χ2n) is 8.47. The number of aliphatic hydroxyl groups excluding tert-OH is 1. The second kappa shape index (κ2) is 10.0. The molecule has 4 rings (SSSR count). The molecule has 34 heavy (non-hydrogen) atoms. The number of nitrogens with zero attached hydrogens (tertiary/aromatic N) is 5. The molecule has 1 aliphatic heterocycles. The van der Waals surface area contributed by atoms with Gasteiger partial charge in [0.2, 0.25) is 11.9 Å². The van der Waals surface area contributed by atoms with E-state index in [1.165, 1.54) is 6.39 Å². The lowest BCUT2D eigenvalue weighted by molar-refractivity contribution is -0.129. The number of fused-ring (bicyclic) bond motifs is 1. The van der Waals surface area contributed by atoms with Gasteiger partial charge in [0.15, 0.2) is 12.2 Å². The van der Waals surface area contributed by atoms with Crippen molar-refractivity contribution in [1.29, 1.82) is 0 Å². The minimum atomic E-state index is -0.200. The van der Waals surface area contributed by atoms with Crippen molar-refractivity contribution >= 4 is 23.4 Å². The molecule has 0 fully saturated rings. The molecule has 0 bridgehead atoms. The zero-order valence-corrected chi connectivity index (χ0v) is 19.7. The highest BCUT2D eigenvalue weighted by molar-refractivity contribution is 5.74. The highest BCUT2D eigenvalue weighted by Crippen LogP contribution is 2.32. The standard InChI is InChI=1S/C25H30N6O3/c1-5-16(2)31(17(3)14-32)24-21-13-30(18(4)33)11-10-22(21)28-25(29-24)27-20-8-6-19(7-9-20)23-12-26-15-34-23/h5-9,12,15-17,32H,1,10-11,13-14H2,2-4H3,(H,27,28,29)/t16?,17-/m1/s1. The Kier molecular flexibility index (Phi) is 6.93. The number of anilines is 3. The van der Waals surface area contributed by atoms with Gasteiger partial charge in [0, 0.05) is 42.7 Å². The average Bonchev–Trinajstić information content (AvgIpc) is 3.39. The third kappa shape index (κ3) is 4.79. The van der Waals surface area contributed by atoms with Crippen LogP contribution in [0.4, 0.5) is 17.5 Å². The fourth-order valence-corrected chi connectivity index (χ4v) is 4.14. The molecule has 1 unspecified atom stereocenters. The molecule has 1 amide bonds. The molecule has 0 aliphatic carbocycles. The van der Waals surface area contributed by atoms with E-state index in [0.717, 1.165) is 22.5 Å². The molecule has 178 valence electrons. The molecule has 3 heterocycles. The molecule has 9 nitrogen and oxygen atoms in total. The summed E-state index contributed by atoms with van der Waals surface area (Å²) in [6.45, 7) is 10.5. The Morgan fingerprint density at radius 3 is 2.71 bits per heavy atom. The zero-order chi connectivity index (χ0) is 24.2. The van der Waals surface area contributed by atoms with Crippen molar-refractivity contribution in [2.24, 2.45) is 0 Å². The quantitative estimate of drug-likeness (QED) is 0.490. The van der Waals surface area contributed by atoms with Crippen LogP contribution in [0.15, 0.2) is 53.9 Å². The van der Waals surface area contributed by atoms with Gasteiger partial charge >= 0.3 is 0 Å². The molecule has 9 heteroatoms. The largest absolute Gasteiger partial charge is 0.444 e. The number of rotatable bonds is 8. The number of hydrogen-bond donors (Lipinski definition) is 2. The van der Waals surface area contributed by atoms with E-state index in [9.17, 15) is 9.90 Å². The summed E-state index contributed by atoms with van der Waals surface area (Å²) >= 11 is 0. The lowest BCUT2D eigenvalue weighted by Gasteiger charge is -2.37. The molecular formula is C25H30N6O3. The summed E-state index contributed by atoms with van der Waals surface area (Å²) in [5.74, 6) is 1.87. The predicted octanol–water partition coefficient (Wildman–Crippen LogP) is 3.54. The maximum absolute atomic E-state index is 12.1. The van der Waals surface area contributed by atoms with Crippen molar-refractivity contribution in [2.45, 2.75) is 45.8 Å². The number of carbonyl (C=O) groups is 1. The Labute approximate surface area is 199 Å². The second-order valence-corrected chi connectivity index (χ2v) is 8.47. The summed E-state index contributed by atoms with van der Waals surface area (Å²) in [6.07, 6.45) is 5.53. The van der Waals surface area contributed by atoms with E-state index in [2.05, 4.69) is 16.9 Å². The molecule has 0 saturated carbocycles. The van der Waals surface area contributed by atoms with E-state index in [1.54, 1.807) is 18.0 Å². The van der Waals surface area contributed by atoms with Gasteiger partial charge in [-0.2, -0.15) is 4.98 Å². The topological polar surface area (TPSA) is 108 Å². The summed E-state index contributed by atoms with van der Waals surface area (Å²) < 4.78 is 5.36. The van der Waals surface area contributed by atoms with Crippen LogP contribution in [0.2, 0.25) is 0 Å². The monoisotopic (exact) mass is 462 g/mol. The van der Waals surface area contributed by atoms with Crippen molar-refractivity contribution in [1.82, 2.24) is 19.9 Å². The minimum absolute atomic E-state index is 0.0178. The lowest BCUT2D eigenvalue weighted by Crippen LogP contribution is -2.44. The maximum Gasteiger partial charge on any atom is 0.229 e. The van der Waals surface area contributed by atoms with E-state index >= 15 is 0 Å². The van der Waals surface area contributed by atoms with Crippen molar-refractivity contribution < 1.29 is 14.3 Å². The van der Waals surface area contributed by atoms with Crippen LogP contribution < -0.4 is 10.2 Å². The highest BCUT2D eigenvalue weighted by atomic mass is 16.3. The van der Waals surface area contributed by atoms with Crippen LogP contribution in [0, 0.1) is 0 Å². The fourth-order valence-electron chi connectivity index (χ4n) is 4.14. The number of nitrogens with one attached hydrogen (secondary N) is 1. The normalized spacial score (nSPS) is 14.8. The van der Waals surface area contributed by atoms with E-state index in [4.69, 9.17) is 14.4 Å². The molecular weight excluding hydrogens is 432 g/mol. The van der Waals surface area contributed by atoms with Gasteiger partial charge in [-0.25, -0.2) is 9.97 Å². The average molecular weight is 463 g/mol. The zero-order valence-electron chi connectivity index (χ0n) is 19.7. The Hall–Kier alpha value is -3.72. The van der Waals surface area contributed by atoms with Crippen molar-refractivity contribution in [2.75, 3.05) is 23.4 Å². The number of aromatic nitrogens is 3. The van der Waals surface area contributed by atoms with E-state index < -0.39 is 0 Å². The van der Waals surface area contributed by atoms with E-state index in [0.29, 0.717) is 37.0 Å². The first-order chi connectivity index (χ1) is 16.4. The maximum atomic E-state index is 12.1. The summed E-state index contributed by atoms with van der Waals surface area (Å²) in [5.41, 5.74) is 3.55. The van der Waals surface area contributed by atoms with Crippen molar-refractivity contribution in [3.05, 3.63) is 60.8 Å². The van der Waals surface area contributed by atoms with Crippen LogP contribution in [-0.4, -0.2) is 56.1 Å². The van der Waals surface area contributed by atoms with Gasteiger partial charge in [0.05, 0.1) is 31.1 Å². The third-order valence-electron chi connectivity index (χ3n) is 6.11. The molecule has 0 radical (unpaired) electrons. The van der Waals surface area contributed by atoms with Crippen LogP contribution in [0.1, 0.15) is 32.0 Å². The molecule has 1 aromatic carbocycles. The van der Waals surface area contributed by atoms with Crippen LogP contribution in [0.5, 0.6) is 0 Å². The Morgan fingerprint density at radius 2 is 2.09 bits per heavy atom. The van der Waals surface area contributed by atoms with E-state index in [-0.39, 0.29) is 24.6 Å². The smallest absolute Gasteiger partial charge is 0.229 e. The molecule has 2 aromatic heterocycles. The number of benzene rings is 1. The number of oxazole rings is 1. The third-order valence-corrected chi connectivity index (χ3v) is 6.11. The summed E-state index contributed by atoms with van der Waals surface area (Å²) in [6, 6.07) is 7.45. The first-order valence-electron chi connectivity index (χ1n) is 11.3. The molecule has 1 aliphatic rings. The minimum Gasteiger partial charge on any atom is -0.444 e. The molecule has 2 atom stereocenters. The van der Waals surface area contributed by atoms with Crippen molar-refractivity contribution in [3.8, 4) is 11.3 Å². The highest BCUT2D eigenvalue weighted by Gasteiger charge is 2.29. The van der Waals surface area contributed by atoms with Gasteiger partial charge < -0.3 is 24.6 Å². The van der Waals surface area contributed by atoms with Crippen LogP contribution in [0.25, 0.3) is 11.3 Å². The molecule has 3 aromatic rings. The van der Waals surface area contributed by atoms with Crippen LogP contribution in [0.3, 0.4) is 0 Å². The Bertz CT molecular complexity index is 1150. The number of hydrogen-bond acceptors (Lipinski definition) is 8. The van der Waals surface area contributed by atoms with Gasteiger partial charge in [-0.1, -0.05) is 6.08 Å². The SMILES string of the molecule is C=CC(C)N(c1nc(Nc2ccc(-c3cnco3)cc2)nc2c1CN(C(C)=O)CC2)[C@H](C)CO. The first kappa shape index (κ1) is 23.4. The van der Waals surface area contributed by atoms with Crippen LogP contribution >= 0.6 is 0 Å². The van der Waals surface area contributed by atoms with Gasteiger partial charge in [0.1, 0.15) is 5.82 Å². The molecule has 0 spiro atoms. The lowest BCUT2D eigenvalue weighted by atomic mass is 10.0. The Morgan fingerprint density at radius 1 is 1.32 bits per heavy atom. The predicted molar refractivity (Wildman–Crippen MR) is 131 cm³/mol. The van der Waals surface area contributed by atoms with Crippen molar-refractivity contribution in [3.63, 3.8) is 0 Å². The van der Waals surface area contributed by atoms with Gasteiger partial charge in [-0.05, 0) is 38.1 Å². The Balaban J connectivity index is 1.72. The van der Waals surface area contributed by atoms with Crippen LogP contribution in [-0.2, 0) is 17.8 Å².